The van der Waals surface area contributed by atoms with Crippen molar-refractivity contribution in [2.24, 2.45) is 5.92 Å². The quantitative estimate of drug-likeness (QED) is 0.468. The van der Waals surface area contributed by atoms with Crippen molar-refractivity contribution in [2.75, 3.05) is 4.72 Å². The van der Waals surface area contributed by atoms with Crippen LogP contribution < -0.4 is 4.72 Å². The molecule has 0 spiro atoms. The molecule has 9 heteroatoms. The molecule has 1 N–H and O–H groups in total. The molecular weight excluding hydrogens is 556 g/mol. The number of hydrogen-bond acceptors (Lipinski definition) is 4. The number of benzene rings is 1. The summed E-state index contributed by atoms with van der Waals surface area (Å²) in [6.45, 7) is 2.20. The minimum absolute atomic E-state index is 0.174. The standard InChI is InChI=1S/C16H17Br3N2O2S2/c1-2-3-9-4-5-13-14(6-9)24-16(20-13)21-25(22,23)15-11(18)7-10(17)8-12(15)19/h7-9H,2-6H2,1H3,(H,20,21). The van der Waals surface area contributed by atoms with E-state index in [9.17, 15) is 8.42 Å². The van der Waals surface area contributed by atoms with Gasteiger partial charge in [0.2, 0.25) is 0 Å². The number of nitrogens with one attached hydrogen (secondary N) is 1. The highest BCUT2D eigenvalue weighted by Crippen LogP contribution is 2.37. The van der Waals surface area contributed by atoms with Gasteiger partial charge < -0.3 is 0 Å². The fraction of sp³-hybridized carbons (Fsp3) is 0.438. The van der Waals surface area contributed by atoms with E-state index in [-0.39, 0.29) is 4.90 Å². The molecule has 1 aromatic heterocycles. The first-order chi connectivity index (χ1) is 11.8. The molecule has 25 heavy (non-hydrogen) atoms. The monoisotopic (exact) mass is 570 g/mol. The van der Waals surface area contributed by atoms with Crippen molar-refractivity contribution in [1.29, 1.82) is 0 Å². The van der Waals surface area contributed by atoms with Crippen LogP contribution in [0.1, 0.15) is 36.8 Å². The number of halogens is 3. The summed E-state index contributed by atoms with van der Waals surface area (Å²) in [4.78, 5) is 5.91. The van der Waals surface area contributed by atoms with Crippen molar-refractivity contribution in [3.63, 3.8) is 0 Å². The maximum atomic E-state index is 12.8. The van der Waals surface area contributed by atoms with Gasteiger partial charge in [0.05, 0.1) is 5.69 Å². The number of aryl methyl sites for hydroxylation is 1. The van der Waals surface area contributed by atoms with E-state index < -0.39 is 10.0 Å². The van der Waals surface area contributed by atoms with Gasteiger partial charge in [-0.2, -0.15) is 0 Å². The van der Waals surface area contributed by atoms with Crippen molar-refractivity contribution in [3.8, 4) is 0 Å². The summed E-state index contributed by atoms with van der Waals surface area (Å²) in [6, 6.07) is 3.42. The third kappa shape index (κ3) is 4.48. The van der Waals surface area contributed by atoms with Crippen LogP contribution in [-0.2, 0) is 22.9 Å². The molecule has 0 saturated carbocycles. The summed E-state index contributed by atoms with van der Waals surface area (Å²) in [5.74, 6) is 0.692. The first-order valence-electron chi connectivity index (χ1n) is 7.96. The van der Waals surface area contributed by atoms with E-state index in [1.807, 2.05) is 0 Å². The van der Waals surface area contributed by atoms with Gasteiger partial charge in [0, 0.05) is 18.3 Å². The van der Waals surface area contributed by atoms with Crippen molar-refractivity contribution in [3.05, 3.63) is 36.1 Å². The second-order valence-corrected chi connectivity index (χ2v) is 11.4. The van der Waals surface area contributed by atoms with Crippen molar-refractivity contribution in [1.82, 2.24) is 4.98 Å². The van der Waals surface area contributed by atoms with E-state index in [4.69, 9.17) is 0 Å². The lowest BCUT2D eigenvalue weighted by molar-refractivity contribution is 0.424. The molecule has 0 saturated heterocycles. The van der Waals surface area contributed by atoms with Gasteiger partial charge in [-0.3, -0.25) is 4.72 Å². The van der Waals surface area contributed by atoms with Crippen LogP contribution in [0.2, 0.25) is 0 Å². The van der Waals surface area contributed by atoms with Gasteiger partial charge >= 0.3 is 0 Å². The zero-order valence-corrected chi connectivity index (χ0v) is 19.9. The Morgan fingerprint density at radius 3 is 2.60 bits per heavy atom. The maximum Gasteiger partial charge on any atom is 0.265 e. The summed E-state index contributed by atoms with van der Waals surface area (Å²) in [5, 5.41) is 0.448. The number of fused-ring (bicyclic) bond motifs is 1. The Labute approximate surface area is 177 Å². The number of hydrogen-bond donors (Lipinski definition) is 1. The summed E-state index contributed by atoms with van der Waals surface area (Å²) >= 11 is 11.5. The largest absolute Gasteiger partial charge is 0.265 e. The topological polar surface area (TPSA) is 59.1 Å². The van der Waals surface area contributed by atoms with E-state index in [1.54, 1.807) is 12.1 Å². The van der Waals surface area contributed by atoms with Gasteiger partial charge in [-0.25, -0.2) is 13.4 Å². The van der Waals surface area contributed by atoms with Crippen LogP contribution in [0.4, 0.5) is 5.13 Å². The van der Waals surface area contributed by atoms with E-state index in [0.29, 0.717) is 20.0 Å². The predicted molar refractivity (Wildman–Crippen MR) is 113 cm³/mol. The minimum atomic E-state index is -3.73. The Kier molecular flexibility index (Phi) is 6.30. The molecule has 0 bridgehead atoms. The highest BCUT2D eigenvalue weighted by molar-refractivity contribution is 9.11. The van der Waals surface area contributed by atoms with E-state index in [2.05, 4.69) is 64.4 Å². The number of sulfonamides is 1. The molecule has 0 radical (unpaired) electrons. The van der Waals surface area contributed by atoms with Gasteiger partial charge in [0.1, 0.15) is 4.90 Å². The Hall–Kier alpha value is 0.0400. The first-order valence-corrected chi connectivity index (χ1v) is 12.6. The van der Waals surface area contributed by atoms with Crippen LogP contribution in [-0.4, -0.2) is 13.4 Å². The number of aromatic nitrogens is 1. The van der Waals surface area contributed by atoms with Gasteiger partial charge in [0.15, 0.2) is 5.13 Å². The molecule has 1 aliphatic carbocycles. The zero-order valence-electron chi connectivity index (χ0n) is 13.5. The Balaban J connectivity index is 1.86. The number of thiazole rings is 1. The number of anilines is 1. The summed E-state index contributed by atoms with van der Waals surface area (Å²) in [7, 11) is -3.73. The van der Waals surface area contributed by atoms with Crippen LogP contribution in [0.5, 0.6) is 0 Å². The van der Waals surface area contributed by atoms with E-state index in [1.165, 1.54) is 29.1 Å². The van der Waals surface area contributed by atoms with E-state index in [0.717, 1.165) is 29.4 Å². The molecule has 1 heterocycles. The third-order valence-electron chi connectivity index (χ3n) is 4.19. The lowest BCUT2D eigenvalue weighted by atomic mass is 9.88. The molecule has 4 nitrogen and oxygen atoms in total. The smallest absolute Gasteiger partial charge is 0.255 e. The molecule has 1 unspecified atom stereocenters. The SMILES string of the molecule is CCCC1CCc2nc(NS(=O)(=O)c3c(Br)cc(Br)cc3Br)sc2C1. The molecule has 1 aliphatic rings. The van der Waals surface area contributed by atoms with Crippen LogP contribution in [0.15, 0.2) is 30.4 Å². The molecule has 3 rings (SSSR count). The Morgan fingerprint density at radius 2 is 1.96 bits per heavy atom. The Bertz CT molecular complexity index is 874. The summed E-state index contributed by atoms with van der Waals surface area (Å²) in [6.07, 6.45) is 5.49. The highest BCUT2D eigenvalue weighted by Gasteiger charge is 2.26. The van der Waals surface area contributed by atoms with Crippen LogP contribution >= 0.6 is 59.1 Å². The van der Waals surface area contributed by atoms with Gasteiger partial charge in [-0.15, -0.1) is 11.3 Å². The zero-order chi connectivity index (χ0) is 18.2. The van der Waals surface area contributed by atoms with Crippen molar-refractivity contribution >= 4 is 74.3 Å². The van der Waals surface area contributed by atoms with Gasteiger partial charge in [0.25, 0.3) is 10.0 Å². The average molecular weight is 573 g/mol. The predicted octanol–water partition coefficient (Wildman–Crippen LogP) is 6.14. The molecule has 136 valence electrons. The van der Waals surface area contributed by atoms with Gasteiger partial charge in [-0.1, -0.05) is 35.7 Å². The molecule has 2 aromatic rings. The lowest BCUT2D eigenvalue weighted by Gasteiger charge is -2.19. The number of nitrogens with zero attached hydrogens (tertiary/aromatic N) is 1. The molecule has 0 amide bonds. The first kappa shape index (κ1) is 19.8. The fourth-order valence-corrected chi connectivity index (χ4v) is 9.11. The molecule has 0 fully saturated rings. The van der Waals surface area contributed by atoms with E-state index >= 15 is 0 Å². The minimum Gasteiger partial charge on any atom is -0.255 e. The van der Waals surface area contributed by atoms with Crippen LogP contribution in [0.3, 0.4) is 0 Å². The highest BCUT2D eigenvalue weighted by atomic mass is 79.9. The normalized spacial score (nSPS) is 17.4. The third-order valence-corrected chi connectivity index (χ3v) is 9.03. The number of rotatable bonds is 5. The fourth-order valence-electron chi connectivity index (χ4n) is 3.09. The molecule has 1 atom stereocenters. The average Bonchev–Trinajstić information content (AvgIpc) is 2.86. The molecule has 0 aliphatic heterocycles. The van der Waals surface area contributed by atoms with Crippen LogP contribution in [0.25, 0.3) is 0 Å². The lowest BCUT2D eigenvalue weighted by Crippen LogP contribution is -2.14. The summed E-state index contributed by atoms with van der Waals surface area (Å²) < 4.78 is 30.0. The molecule has 1 aromatic carbocycles. The van der Waals surface area contributed by atoms with Crippen molar-refractivity contribution in [2.45, 2.75) is 43.9 Å². The second-order valence-electron chi connectivity index (χ2n) is 6.09. The van der Waals surface area contributed by atoms with Crippen molar-refractivity contribution < 1.29 is 8.42 Å². The van der Waals surface area contributed by atoms with Gasteiger partial charge in [-0.05, 0) is 69.2 Å². The second kappa shape index (κ2) is 7.96. The maximum absolute atomic E-state index is 12.8. The Morgan fingerprint density at radius 1 is 1.28 bits per heavy atom. The molecular formula is C16H17Br3N2O2S2. The van der Waals surface area contributed by atoms with Crippen LogP contribution in [0, 0.1) is 5.92 Å². The summed E-state index contributed by atoms with van der Waals surface area (Å²) in [5.41, 5.74) is 1.05.